The highest BCUT2D eigenvalue weighted by atomic mass is 31.2. The molecule has 0 aromatic rings. The van der Waals surface area contributed by atoms with Crippen molar-refractivity contribution in [3.63, 3.8) is 0 Å². The SMILES string of the molecule is CC1CCC(P(OC2CCC(C(C)(C)C)CC2C(C)(C)C)OC2CCC(C(C)(C)C)CC2C(C)(C)C)CC1. The predicted molar refractivity (Wildman–Crippen MR) is 168 cm³/mol. The van der Waals surface area contributed by atoms with Crippen LogP contribution in [0.4, 0.5) is 0 Å². The fourth-order valence-electron chi connectivity index (χ4n) is 7.85. The third-order valence-corrected chi connectivity index (χ3v) is 13.1. The van der Waals surface area contributed by atoms with Gasteiger partial charge in [-0.05, 0) is 115 Å². The third kappa shape index (κ3) is 8.68. The summed E-state index contributed by atoms with van der Waals surface area (Å²) in [6.45, 7) is 31.8. The fourth-order valence-corrected chi connectivity index (χ4v) is 10.0. The minimum atomic E-state index is -0.876. The zero-order chi connectivity index (χ0) is 28.7. The van der Waals surface area contributed by atoms with Gasteiger partial charge in [-0.25, -0.2) is 0 Å². The van der Waals surface area contributed by atoms with Crippen molar-refractivity contribution >= 4 is 8.38 Å². The summed E-state index contributed by atoms with van der Waals surface area (Å²) in [6, 6.07) is 0. The van der Waals surface area contributed by atoms with Crippen molar-refractivity contribution < 1.29 is 9.05 Å². The highest BCUT2D eigenvalue weighted by molar-refractivity contribution is 7.48. The molecule has 6 atom stereocenters. The van der Waals surface area contributed by atoms with Crippen LogP contribution in [0.3, 0.4) is 0 Å². The first kappa shape index (κ1) is 32.9. The Balaban J connectivity index is 1.84. The zero-order valence-corrected chi connectivity index (χ0v) is 28.8. The third-order valence-electron chi connectivity index (χ3n) is 11.0. The Morgan fingerprint density at radius 3 is 1.16 bits per heavy atom. The number of hydrogen-bond acceptors (Lipinski definition) is 2. The summed E-state index contributed by atoms with van der Waals surface area (Å²) in [5.74, 6) is 3.63. The van der Waals surface area contributed by atoms with Crippen LogP contribution in [0.25, 0.3) is 0 Å². The van der Waals surface area contributed by atoms with Crippen LogP contribution in [0.2, 0.25) is 0 Å². The van der Waals surface area contributed by atoms with Crippen LogP contribution in [0.15, 0.2) is 0 Å². The van der Waals surface area contributed by atoms with E-state index in [1.54, 1.807) is 0 Å². The molecule has 2 nitrogen and oxygen atoms in total. The lowest BCUT2D eigenvalue weighted by molar-refractivity contribution is -0.0406. The molecule has 0 aliphatic heterocycles. The van der Waals surface area contributed by atoms with Gasteiger partial charge in [-0.1, -0.05) is 90.0 Å². The van der Waals surface area contributed by atoms with Crippen molar-refractivity contribution in [3.05, 3.63) is 0 Å². The van der Waals surface area contributed by atoms with Gasteiger partial charge in [0.2, 0.25) is 0 Å². The minimum absolute atomic E-state index is 0.259. The normalized spacial score (nSPS) is 37.2. The minimum Gasteiger partial charge on any atom is -0.330 e. The van der Waals surface area contributed by atoms with Gasteiger partial charge in [0.25, 0.3) is 0 Å². The molecule has 0 N–H and O–H groups in total. The Morgan fingerprint density at radius 1 is 0.474 bits per heavy atom. The molecule has 3 saturated carbocycles. The summed E-state index contributed by atoms with van der Waals surface area (Å²) in [6.07, 6.45) is 13.6. The van der Waals surface area contributed by atoms with Gasteiger partial charge in [-0.15, -0.1) is 0 Å². The van der Waals surface area contributed by atoms with Crippen molar-refractivity contribution in [2.45, 2.75) is 172 Å². The van der Waals surface area contributed by atoms with E-state index in [9.17, 15) is 0 Å². The molecule has 3 rings (SSSR count). The molecule has 0 aromatic carbocycles. The molecular formula is C35H67O2P. The highest BCUT2D eigenvalue weighted by Crippen LogP contribution is 2.59. The molecule has 0 bridgehead atoms. The van der Waals surface area contributed by atoms with E-state index in [0.29, 0.717) is 40.5 Å². The molecule has 0 spiro atoms. The summed E-state index contributed by atoms with van der Waals surface area (Å²) in [4.78, 5) is 0. The van der Waals surface area contributed by atoms with E-state index in [4.69, 9.17) is 9.05 Å². The molecule has 0 radical (unpaired) electrons. The fraction of sp³-hybridized carbons (Fsp3) is 1.00. The Hall–Kier alpha value is 0.350. The van der Waals surface area contributed by atoms with Crippen molar-refractivity contribution in [2.24, 2.45) is 51.2 Å². The van der Waals surface area contributed by atoms with Crippen LogP contribution in [-0.4, -0.2) is 17.9 Å². The zero-order valence-electron chi connectivity index (χ0n) is 28.0. The Morgan fingerprint density at radius 2 is 0.842 bits per heavy atom. The van der Waals surface area contributed by atoms with Crippen molar-refractivity contribution in [1.82, 2.24) is 0 Å². The molecule has 0 saturated heterocycles. The van der Waals surface area contributed by atoms with E-state index < -0.39 is 8.38 Å². The van der Waals surface area contributed by atoms with Gasteiger partial charge in [-0.2, -0.15) is 0 Å². The first-order chi connectivity index (χ1) is 17.3. The van der Waals surface area contributed by atoms with Gasteiger partial charge in [-0.3, -0.25) is 0 Å². The molecule has 3 heteroatoms. The van der Waals surface area contributed by atoms with E-state index in [-0.39, 0.29) is 10.8 Å². The molecule has 0 amide bonds. The standard InChI is InChI=1S/C35H67O2P/c1-24-14-18-27(19-15-24)38(36-30-20-16-25(32(2,3)4)22-28(30)34(8,9)10)37-31-21-17-26(33(5,6)7)23-29(31)35(11,12)13/h24-31H,14-23H2,1-13H3. The van der Waals surface area contributed by atoms with Crippen LogP contribution < -0.4 is 0 Å². The second-order valence-corrected chi connectivity index (χ2v) is 19.9. The van der Waals surface area contributed by atoms with Gasteiger partial charge in [0, 0.05) is 5.66 Å². The molecule has 0 heterocycles. The maximum Gasteiger partial charge on any atom is 0.174 e. The first-order valence-corrected chi connectivity index (χ1v) is 17.6. The molecule has 6 unspecified atom stereocenters. The summed E-state index contributed by atoms with van der Waals surface area (Å²) in [7, 11) is -0.876. The quantitative estimate of drug-likeness (QED) is 0.317. The van der Waals surface area contributed by atoms with Crippen molar-refractivity contribution in [3.8, 4) is 0 Å². The molecule has 0 aromatic heterocycles. The topological polar surface area (TPSA) is 18.5 Å². The van der Waals surface area contributed by atoms with E-state index in [1.165, 1.54) is 64.2 Å². The van der Waals surface area contributed by atoms with E-state index in [2.05, 4.69) is 90.0 Å². The van der Waals surface area contributed by atoms with Crippen LogP contribution >= 0.6 is 8.38 Å². The largest absolute Gasteiger partial charge is 0.330 e. The maximum absolute atomic E-state index is 7.37. The monoisotopic (exact) mass is 550 g/mol. The molecule has 3 fully saturated rings. The van der Waals surface area contributed by atoms with Gasteiger partial charge in [0.05, 0.1) is 12.2 Å². The Kier molecular flexibility index (Phi) is 10.6. The average Bonchev–Trinajstić information content (AvgIpc) is 2.76. The Labute approximate surface area is 240 Å². The summed E-state index contributed by atoms with van der Waals surface area (Å²) in [5, 5.41) is 0. The van der Waals surface area contributed by atoms with Gasteiger partial charge in [0.1, 0.15) is 0 Å². The van der Waals surface area contributed by atoms with E-state index >= 15 is 0 Å². The van der Waals surface area contributed by atoms with Gasteiger partial charge >= 0.3 is 0 Å². The van der Waals surface area contributed by atoms with E-state index in [0.717, 1.165) is 17.8 Å². The summed E-state index contributed by atoms with van der Waals surface area (Å²) >= 11 is 0. The highest BCUT2D eigenvalue weighted by Gasteiger charge is 2.47. The van der Waals surface area contributed by atoms with Crippen LogP contribution in [0.1, 0.15) is 154 Å². The summed E-state index contributed by atoms with van der Waals surface area (Å²) < 4.78 is 14.7. The number of hydrogen-bond donors (Lipinski definition) is 0. The smallest absolute Gasteiger partial charge is 0.174 e. The maximum atomic E-state index is 7.37. The lowest BCUT2D eigenvalue weighted by Crippen LogP contribution is -2.43. The second-order valence-electron chi connectivity index (χ2n) is 18.2. The van der Waals surface area contributed by atoms with Gasteiger partial charge in [0.15, 0.2) is 8.38 Å². The molecule has 3 aliphatic rings. The lowest BCUT2D eigenvalue weighted by atomic mass is 9.62. The second kappa shape index (κ2) is 12.3. The van der Waals surface area contributed by atoms with Gasteiger partial charge < -0.3 is 9.05 Å². The summed E-state index contributed by atoms with van der Waals surface area (Å²) in [5.41, 5.74) is 1.88. The Bertz CT molecular complexity index is 673. The van der Waals surface area contributed by atoms with Crippen molar-refractivity contribution in [2.75, 3.05) is 0 Å². The van der Waals surface area contributed by atoms with Crippen LogP contribution in [0, 0.1) is 51.2 Å². The van der Waals surface area contributed by atoms with Crippen LogP contribution in [0.5, 0.6) is 0 Å². The molecule has 3 aliphatic carbocycles. The lowest BCUT2D eigenvalue weighted by Gasteiger charge is -2.50. The molecule has 38 heavy (non-hydrogen) atoms. The van der Waals surface area contributed by atoms with Crippen molar-refractivity contribution in [1.29, 1.82) is 0 Å². The molecule has 224 valence electrons. The molecular weight excluding hydrogens is 483 g/mol. The average molecular weight is 551 g/mol. The van der Waals surface area contributed by atoms with E-state index in [1.807, 2.05) is 0 Å². The first-order valence-electron chi connectivity index (χ1n) is 16.4. The number of rotatable bonds is 5. The predicted octanol–water partition coefficient (Wildman–Crippen LogP) is 11.7. The van der Waals surface area contributed by atoms with Crippen LogP contribution in [-0.2, 0) is 9.05 Å².